The van der Waals surface area contributed by atoms with E-state index in [-0.39, 0.29) is 22.7 Å². The Balaban J connectivity index is 1.38. The number of carbonyl (C=O) groups excluding carboxylic acids is 1. The second-order valence-corrected chi connectivity index (χ2v) is 8.48. The lowest BCUT2D eigenvalue weighted by Gasteiger charge is -2.07. The smallest absolute Gasteiger partial charge is 0.263 e. The SMILES string of the molecule is O=C(C=Cc1ccc2c(c1)OCO2)Nc1ccc(S(=O)(=O)Nc2nccs2)cc1. The van der Waals surface area contributed by atoms with Gasteiger partial charge in [0.25, 0.3) is 10.0 Å². The van der Waals surface area contributed by atoms with Gasteiger partial charge in [0.1, 0.15) is 0 Å². The number of aromatic nitrogens is 1. The number of hydrogen-bond acceptors (Lipinski definition) is 7. The van der Waals surface area contributed by atoms with E-state index in [9.17, 15) is 13.2 Å². The lowest BCUT2D eigenvalue weighted by Crippen LogP contribution is -2.13. The third-order valence-electron chi connectivity index (χ3n) is 3.91. The van der Waals surface area contributed by atoms with Gasteiger partial charge in [-0.3, -0.25) is 9.52 Å². The number of rotatable bonds is 6. The number of sulfonamides is 1. The van der Waals surface area contributed by atoms with Crippen LogP contribution in [0.15, 0.2) is 65.0 Å². The van der Waals surface area contributed by atoms with E-state index in [0.29, 0.717) is 17.2 Å². The van der Waals surface area contributed by atoms with Crippen LogP contribution in [0.25, 0.3) is 6.08 Å². The average molecular weight is 429 g/mol. The van der Waals surface area contributed by atoms with Crippen LogP contribution in [-0.4, -0.2) is 26.1 Å². The normalized spacial score (nSPS) is 12.8. The fraction of sp³-hybridized carbons (Fsp3) is 0.0526. The Morgan fingerprint density at radius 3 is 2.66 bits per heavy atom. The lowest BCUT2D eigenvalue weighted by atomic mass is 10.2. The first-order chi connectivity index (χ1) is 14.0. The number of anilines is 2. The van der Waals surface area contributed by atoms with Gasteiger partial charge in [0, 0.05) is 23.3 Å². The van der Waals surface area contributed by atoms with Crippen LogP contribution in [0.1, 0.15) is 5.56 Å². The Morgan fingerprint density at radius 2 is 1.90 bits per heavy atom. The molecule has 4 rings (SSSR count). The molecule has 3 aromatic rings. The van der Waals surface area contributed by atoms with Gasteiger partial charge in [0.2, 0.25) is 12.7 Å². The van der Waals surface area contributed by atoms with Crippen LogP contribution in [0.4, 0.5) is 10.8 Å². The van der Waals surface area contributed by atoms with Crippen molar-refractivity contribution in [1.82, 2.24) is 4.98 Å². The fourth-order valence-electron chi connectivity index (χ4n) is 2.54. The zero-order chi connectivity index (χ0) is 20.3. The molecule has 0 unspecified atom stereocenters. The molecule has 148 valence electrons. The predicted octanol–water partition coefficient (Wildman–Crippen LogP) is 3.32. The minimum absolute atomic E-state index is 0.0709. The first-order valence-corrected chi connectivity index (χ1v) is 10.8. The van der Waals surface area contributed by atoms with Crippen molar-refractivity contribution < 1.29 is 22.7 Å². The number of thiazole rings is 1. The first-order valence-electron chi connectivity index (χ1n) is 8.41. The maximum Gasteiger partial charge on any atom is 0.263 e. The monoisotopic (exact) mass is 429 g/mol. The van der Waals surface area contributed by atoms with Crippen LogP contribution in [0.3, 0.4) is 0 Å². The molecule has 0 atom stereocenters. The molecule has 2 heterocycles. The minimum Gasteiger partial charge on any atom is -0.454 e. The van der Waals surface area contributed by atoms with E-state index in [0.717, 1.165) is 5.56 Å². The molecule has 0 radical (unpaired) electrons. The summed E-state index contributed by atoms with van der Waals surface area (Å²) in [5.41, 5.74) is 1.26. The Hall–Kier alpha value is -3.37. The topological polar surface area (TPSA) is 107 Å². The van der Waals surface area contributed by atoms with Crippen molar-refractivity contribution in [3.8, 4) is 11.5 Å². The van der Waals surface area contributed by atoms with Gasteiger partial charge in [-0.2, -0.15) is 0 Å². The standard InChI is InChI=1S/C19H15N3O5S2/c23-18(8-2-13-1-7-16-17(11-13)27-12-26-16)21-14-3-5-15(6-4-14)29(24,25)22-19-20-9-10-28-19/h1-11H,12H2,(H,20,22)(H,21,23). The third-order valence-corrected chi connectivity index (χ3v) is 6.08. The highest BCUT2D eigenvalue weighted by molar-refractivity contribution is 7.93. The molecule has 0 bridgehead atoms. The van der Waals surface area contributed by atoms with E-state index in [4.69, 9.17) is 9.47 Å². The molecule has 0 fully saturated rings. The van der Waals surface area contributed by atoms with Crippen molar-refractivity contribution in [1.29, 1.82) is 0 Å². The predicted molar refractivity (Wildman–Crippen MR) is 110 cm³/mol. The second-order valence-electron chi connectivity index (χ2n) is 5.90. The quantitative estimate of drug-likeness (QED) is 0.582. The summed E-state index contributed by atoms with van der Waals surface area (Å²) >= 11 is 1.19. The van der Waals surface area contributed by atoms with E-state index >= 15 is 0 Å². The van der Waals surface area contributed by atoms with E-state index in [1.54, 1.807) is 23.6 Å². The maximum absolute atomic E-state index is 12.3. The molecule has 29 heavy (non-hydrogen) atoms. The zero-order valence-corrected chi connectivity index (χ0v) is 16.5. The zero-order valence-electron chi connectivity index (χ0n) is 14.9. The van der Waals surface area contributed by atoms with Crippen LogP contribution in [0.2, 0.25) is 0 Å². The van der Waals surface area contributed by atoms with Crippen molar-refractivity contribution in [2.75, 3.05) is 16.8 Å². The molecule has 1 aromatic heterocycles. The summed E-state index contributed by atoms with van der Waals surface area (Å²) in [5.74, 6) is 0.959. The highest BCUT2D eigenvalue weighted by atomic mass is 32.2. The van der Waals surface area contributed by atoms with Crippen LogP contribution >= 0.6 is 11.3 Å². The summed E-state index contributed by atoms with van der Waals surface area (Å²) in [6.07, 6.45) is 4.54. The van der Waals surface area contributed by atoms with Crippen molar-refractivity contribution in [2.45, 2.75) is 4.90 Å². The van der Waals surface area contributed by atoms with E-state index < -0.39 is 10.0 Å². The Kier molecular flexibility index (Phi) is 5.19. The fourth-order valence-corrected chi connectivity index (χ4v) is 4.33. The van der Waals surface area contributed by atoms with Crippen molar-refractivity contribution in [3.05, 3.63) is 65.7 Å². The highest BCUT2D eigenvalue weighted by Crippen LogP contribution is 2.32. The molecule has 1 aliphatic heterocycles. The molecule has 0 saturated heterocycles. The Labute approximate surface area is 170 Å². The molecule has 0 saturated carbocycles. The summed E-state index contributed by atoms with van der Waals surface area (Å²) in [5, 5.41) is 4.64. The molecule has 10 heteroatoms. The summed E-state index contributed by atoms with van der Waals surface area (Å²) in [7, 11) is -3.73. The number of carbonyl (C=O) groups is 1. The van der Waals surface area contributed by atoms with Gasteiger partial charge in [-0.25, -0.2) is 13.4 Å². The molecular formula is C19H15N3O5S2. The van der Waals surface area contributed by atoms with Gasteiger partial charge in [-0.05, 0) is 48.0 Å². The van der Waals surface area contributed by atoms with E-state index in [1.807, 2.05) is 6.07 Å². The van der Waals surface area contributed by atoms with Gasteiger partial charge in [0.15, 0.2) is 16.6 Å². The van der Waals surface area contributed by atoms with Crippen molar-refractivity contribution >= 4 is 44.2 Å². The number of hydrogen-bond donors (Lipinski definition) is 2. The number of nitrogens with zero attached hydrogens (tertiary/aromatic N) is 1. The molecule has 2 aromatic carbocycles. The average Bonchev–Trinajstić information content (AvgIpc) is 3.37. The molecule has 8 nitrogen and oxygen atoms in total. The highest BCUT2D eigenvalue weighted by Gasteiger charge is 2.15. The molecule has 0 spiro atoms. The summed E-state index contributed by atoms with van der Waals surface area (Å²) < 4.78 is 37.6. The van der Waals surface area contributed by atoms with Gasteiger partial charge in [-0.15, -0.1) is 11.3 Å². The van der Waals surface area contributed by atoms with E-state index in [1.165, 1.54) is 47.9 Å². The van der Waals surface area contributed by atoms with Gasteiger partial charge < -0.3 is 14.8 Å². The van der Waals surface area contributed by atoms with Gasteiger partial charge in [-0.1, -0.05) is 6.07 Å². The van der Waals surface area contributed by atoms with Crippen molar-refractivity contribution in [2.24, 2.45) is 0 Å². The number of ether oxygens (including phenoxy) is 2. The summed E-state index contributed by atoms with van der Waals surface area (Å²) in [4.78, 5) is 16.1. The second kappa shape index (κ2) is 7.94. The summed E-state index contributed by atoms with van der Waals surface area (Å²) in [6, 6.07) is 11.2. The molecule has 0 aliphatic carbocycles. The largest absolute Gasteiger partial charge is 0.454 e. The van der Waals surface area contributed by atoms with Crippen LogP contribution in [0.5, 0.6) is 11.5 Å². The molecule has 1 amide bonds. The summed E-state index contributed by atoms with van der Waals surface area (Å²) in [6.45, 7) is 0.189. The van der Waals surface area contributed by atoms with Crippen LogP contribution in [0, 0.1) is 0 Å². The Bertz CT molecular complexity index is 1160. The van der Waals surface area contributed by atoms with Crippen LogP contribution < -0.4 is 19.5 Å². The number of amides is 1. The van der Waals surface area contributed by atoms with Gasteiger partial charge >= 0.3 is 0 Å². The molecule has 1 aliphatic rings. The first kappa shape index (κ1) is 19.0. The van der Waals surface area contributed by atoms with Gasteiger partial charge in [0.05, 0.1) is 4.90 Å². The third kappa shape index (κ3) is 4.55. The number of benzene rings is 2. The van der Waals surface area contributed by atoms with Crippen LogP contribution in [-0.2, 0) is 14.8 Å². The maximum atomic E-state index is 12.3. The van der Waals surface area contributed by atoms with E-state index in [2.05, 4.69) is 15.0 Å². The lowest BCUT2D eigenvalue weighted by molar-refractivity contribution is -0.111. The molecular weight excluding hydrogens is 414 g/mol. The number of nitrogens with one attached hydrogen (secondary N) is 2. The Morgan fingerprint density at radius 1 is 1.10 bits per heavy atom. The van der Waals surface area contributed by atoms with Crippen molar-refractivity contribution in [3.63, 3.8) is 0 Å². The minimum atomic E-state index is -3.73. The molecule has 2 N–H and O–H groups in total. The number of fused-ring (bicyclic) bond motifs is 1.